The average molecular weight is 301 g/mol. The molecule has 4 aliphatic rings. The molecule has 0 nitrogen and oxygen atoms in total. The van der Waals surface area contributed by atoms with E-state index >= 15 is 0 Å². The second-order valence-electron chi connectivity index (χ2n) is 9.76. The molecule has 124 valence electrons. The first kappa shape index (κ1) is 15.3. The molecular weight excluding hydrogens is 264 g/mol. The van der Waals surface area contributed by atoms with Crippen molar-refractivity contribution in [1.82, 2.24) is 0 Å². The van der Waals surface area contributed by atoms with E-state index in [1.807, 2.05) is 5.57 Å². The van der Waals surface area contributed by atoms with Gasteiger partial charge in [-0.1, -0.05) is 52.2 Å². The fourth-order valence-electron chi connectivity index (χ4n) is 8.19. The van der Waals surface area contributed by atoms with E-state index in [9.17, 15) is 0 Å². The SMILES string of the molecule is CC[C@H]1CC[C@H]2[C@@H]3CC=C4CCCC[C@]4(C)[C@H]3[C@H](C)C[C@]12C. The minimum Gasteiger partial charge on any atom is -0.0845 e. The normalized spacial score (nSPS) is 54.2. The van der Waals surface area contributed by atoms with Crippen LogP contribution in [-0.4, -0.2) is 0 Å². The third-order valence-electron chi connectivity index (χ3n) is 8.95. The van der Waals surface area contributed by atoms with Gasteiger partial charge in [0.25, 0.3) is 0 Å². The molecule has 0 aromatic carbocycles. The van der Waals surface area contributed by atoms with E-state index in [0.717, 1.165) is 29.6 Å². The lowest BCUT2D eigenvalue weighted by Gasteiger charge is -2.60. The number of rotatable bonds is 1. The van der Waals surface area contributed by atoms with Gasteiger partial charge in [-0.25, -0.2) is 0 Å². The molecule has 4 rings (SSSR count). The number of hydrogen-bond donors (Lipinski definition) is 0. The third-order valence-corrected chi connectivity index (χ3v) is 8.95. The van der Waals surface area contributed by atoms with Gasteiger partial charge in [0.2, 0.25) is 0 Å². The van der Waals surface area contributed by atoms with Gasteiger partial charge in [-0.2, -0.15) is 0 Å². The lowest BCUT2D eigenvalue weighted by atomic mass is 9.45. The van der Waals surface area contributed by atoms with Crippen LogP contribution in [-0.2, 0) is 0 Å². The van der Waals surface area contributed by atoms with Crippen LogP contribution >= 0.6 is 0 Å². The van der Waals surface area contributed by atoms with Crippen molar-refractivity contribution in [2.24, 2.45) is 40.4 Å². The lowest BCUT2D eigenvalue weighted by molar-refractivity contribution is -0.0767. The summed E-state index contributed by atoms with van der Waals surface area (Å²) in [5, 5.41) is 0. The molecule has 0 aromatic heterocycles. The predicted octanol–water partition coefficient (Wildman–Crippen LogP) is 6.61. The fraction of sp³-hybridized carbons (Fsp3) is 0.909. The van der Waals surface area contributed by atoms with Gasteiger partial charge in [0.1, 0.15) is 0 Å². The Morgan fingerprint density at radius 1 is 1.18 bits per heavy atom. The molecule has 0 bridgehead atoms. The molecular formula is C22H36. The van der Waals surface area contributed by atoms with Crippen molar-refractivity contribution in [1.29, 1.82) is 0 Å². The number of fused-ring (bicyclic) bond motifs is 5. The zero-order valence-corrected chi connectivity index (χ0v) is 15.3. The van der Waals surface area contributed by atoms with E-state index in [1.165, 1.54) is 57.8 Å². The highest BCUT2D eigenvalue weighted by molar-refractivity contribution is 5.25. The Bertz CT molecular complexity index is 474. The van der Waals surface area contributed by atoms with Crippen LogP contribution in [0.5, 0.6) is 0 Å². The van der Waals surface area contributed by atoms with Crippen molar-refractivity contribution in [2.75, 3.05) is 0 Å². The summed E-state index contributed by atoms with van der Waals surface area (Å²) in [5.41, 5.74) is 3.08. The third kappa shape index (κ3) is 1.88. The van der Waals surface area contributed by atoms with Gasteiger partial charge in [0.15, 0.2) is 0 Å². The van der Waals surface area contributed by atoms with Crippen LogP contribution in [0.4, 0.5) is 0 Å². The maximum atomic E-state index is 2.72. The highest BCUT2D eigenvalue weighted by atomic mass is 14.6. The first-order valence-electron chi connectivity index (χ1n) is 10.2. The summed E-state index contributed by atoms with van der Waals surface area (Å²) in [6.07, 6.45) is 15.9. The largest absolute Gasteiger partial charge is 0.0845 e. The predicted molar refractivity (Wildman–Crippen MR) is 94.6 cm³/mol. The second-order valence-corrected chi connectivity index (χ2v) is 9.76. The van der Waals surface area contributed by atoms with Crippen molar-refractivity contribution >= 4 is 0 Å². The molecule has 3 fully saturated rings. The number of allylic oxidation sites excluding steroid dienone is 2. The first-order valence-corrected chi connectivity index (χ1v) is 10.2. The Morgan fingerprint density at radius 3 is 2.77 bits per heavy atom. The van der Waals surface area contributed by atoms with Crippen molar-refractivity contribution in [3.8, 4) is 0 Å². The van der Waals surface area contributed by atoms with Gasteiger partial charge in [0.05, 0.1) is 0 Å². The summed E-state index contributed by atoms with van der Waals surface area (Å²) in [4.78, 5) is 0. The molecule has 0 heterocycles. The van der Waals surface area contributed by atoms with Crippen LogP contribution in [0, 0.1) is 40.4 Å². The van der Waals surface area contributed by atoms with E-state index in [4.69, 9.17) is 0 Å². The fourth-order valence-corrected chi connectivity index (χ4v) is 8.19. The Morgan fingerprint density at radius 2 is 2.00 bits per heavy atom. The molecule has 0 saturated heterocycles. The van der Waals surface area contributed by atoms with E-state index < -0.39 is 0 Å². The minimum absolute atomic E-state index is 0.562. The van der Waals surface area contributed by atoms with E-state index in [2.05, 4.69) is 33.8 Å². The zero-order chi connectivity index (χ0) is 15.5. The molecule has 3 saturated carbocycles. The van der Waals surface area contributed by atoms with Crippen LogP contribution in [0.15, 0.2) is 11.6 Å². The number of hydrogen-bond acceptors (Lipinski definition) is 0. The van der Waals surface area contributed by atoms with Gasteiger partial charge in [-0.05, 0) is 85.4 Å². The molecule has 0 radical (unpaired) electrons. The van der Waals surface area contributed by atoms with Crippen LogP contribution in [0.3, 0.4) is 0 Å². The summed E-state index contributed by atoms with van der Waals surface area (Å²) < 4.78 is 0. The molecule has 0 aromatic rings. The van der Waals surface area contributed by atoms with Crippen molar-refractivity contribution in [3.05, 3.63) is 11.6 Å². The molecule has 0 amide bonds. The maximum Gasteiger partial charge on any atom is -0.00827 e. The highest BCUT2D eigenvalue weighted by Crippen LogP contribution is 2.68. The van der Waals surface area contributed by atoms with Crippen LogP contribution < -0.4 is 0 Å². The monoisotopic (exact) mass is 300 g/mol. The van der Waals surface area contributed by atoms with Gasteiger partial charge < -0.3 is 0 Å². The van der Waals surface area contributed by atoms with Crippen LogP contribution in [0.2, 0.25) is 0 Å². The molecule has 22 heavy (non-hydrogen) atoms. The lowest BCUT2D eigenvalue weighted by Crippen LogP contribution is -2.52. The molecule has 0 unspecified atom stereocenters. The van der Waals surface area contributed by atoms with Gasteiger partial charge in [-0.3, -0.25) is 0 Å². The highest BCUT2D eigenvalue weighted by Gasteiger charge is 2.59. The Balaban J connectivity index is 1.72. The van der Waals surface area contributed by atoms with Crippen molar-refractivity contribution in [3.63, 3.8) is 0 Å². The Kier molecular flexibility index (Phi) is 3.55. The second kappa shape index (κ2) is 5.12. The zero-order valence-electron chi connectivity index (χ0n) is 15.3. The summed E-state index contributed by atoms with van der Waals surface area (Å²) in [7, 11) is 0. The summed E-state index contributed by atoms with van der Waals surface area (Å²) in [6.45, 7) is 10.4. The molecule has 0 spiro atoms. The summed E-state index contributed by atoms with van der Waals surface area (Å²) in [5.74, 6) is 4.95. The van der Waals surface area contributed by atoms with E-state index in [0.29, 0.717) is 10.8 Å². The Labute approximate surface area is 138 Å². The molecule has 0 N–H and O–H groups in total. The molecule has 0 heteroatoms. The van der Waals surface area contributed by atoms with Gasteiger partial charge in [-0.15, -0.1) is 0 Å². The van der Waals surface area contributed by atoms with Crippen LogP contribution in [0.1, 0.15) is 85.5 Å². The molecule has 4 aliphatic carbocycles. The topological polar surface area (TPSA) is 0 Å². The average Bonchev–Trinajstić information content (AvgIpc) is 2.82. The van der Waals surface area contributed by atoms with Crippen molar-refractivity contribution < 1.29 is 0 Å². The minimum atomic E-state index is 0.562. The van der Waals surface area contributed by atoms with Gasteiger partial charge in [0, 0.05) is 0 Å². The van der Waals surface area contributed by atoms with Crippen LogP contribution in [0.25, 0.3) is 0 Å². The Hall–Kier alpha value is -0.260. The summed E-state index contributed by atoms with van der Waals surface area (Å²) in [6, 6.07) is 0. The van der Waals surface area contributed by atoms with Gasteiger partial charge >= 0.3 is 0 Å². The smallest absolute Gasteiger partial charge is 0.00827 e. The maximum absolute atomic E-state index is 2.72. The first-order chi connectivity index (χ1) is 10.5. The summed E-state index contributed by atoms with van der Waals surface area (Å²) >= 11 is 0. The standard InChI is InChI=1S/C22H36/c1-5-16-10-12-19-18-11-9-17-8-6-7-13-21(17,3)20(18)15(2)14-22(16,19)4/h9,15-16,18-20H,5-8,10-14H2,1-4H3/t15-,16+,18+,19+,20+,21+,22-/m1/s1. The van der Waals surface area contributed by atoms with E-state index in [1.54, 1.807) is 0 Å². The van der Waals surface area contributed by atoms with E-state index in [-0.39, 0.29) is 0 Å². The molecule has 7 atom stereocenters. The molecule has 0 aliphatic heterocycles. The quantitative estimate of drug-likeness (QED) is 0.478. The van der Waals surface area contributed by atoms with Crippen molar-refractivity contribution in [2.45, 2.75) is 85.5 Å².